The largest absolute Gasteiger partial charge is 0.341 e. The Balaban J connectivity index is 2.06. The van der Waals surface area contributed by atoms with Crippen molar-refractivity contribution < 1.29 is 13.6 Å². The van der Waals surface area contributed by atoms with Gasteiger partial charge in [0.05, 0.1) is 11.9 Å². The number of rotatable bonds is 3. The van der Waals surface area contributed by atoms with Crippen molar-refractivity contribution in [3.63, 3.8) is 0 Å². The van der Waals surface area contributed by atoms with Crippen LogP contribution in [-0.4, -0.2) is 54.4 Å². The molecule has 0 bridgehead atoms. The van der Waals surface area contributed by atoms with Crippen molar-refractivity contribution in [2.75, 3.05) is 26.2 Å². The predicted molar refractivity (Wildman–Crippen MR) is 81.8 cm³/mol. The van der Waals surface area contributed by atoms with E-state index in [2.05, 4.69) is 17.0 Å². The Morgan fingerprint density at radius 1 is 1.36 bits per heavy atom. The van der Waals surface area contributed by atoms with Crippen LogP contribution in [-0.2, 0) is 0 Å². The quantitative estimate of drug-likeness (QED) is 0.814. The Hall–Kier alpha value is -2.02. The molecule has 1 N–H and O–H groups in total. The number of hydrogen-bond acceptors (Lipinski definition) is 3. The third kappa shape index (κ3) is 4.00. The SMILES string of the molecule is C=C(/C=C(F)\C=C(/C)F)[C@@H]1CC=NN1C(=O)N1CCNCC1. The summed E-state index contributed by atoms with van der Waals surface area (Å²) in [6, 6.07) is -0.645. The average Bonchev–Trinajstić information content (AvgIpc) is 2.96. The van der Waals surface area contributed by atoms with Crippen LogP contribution >= 0.6 is 0 Å². The van der Waals surface area contributed by atoms with E-state index in [1.165, 1.54) is 5.01 Å². The molecule has 0 aromatic heterocycles. The minimum absolute atomic E-state index is 0.215. The number of hydrazone groups is 1. The van der Waals surface area contributed by atoms with Crippen LogP contribution in [0.3, 0.4) is 0 Å². The van der Waals surface area contributed by atoms with Gasteiger partial charge in [-0.3, -0.25) is 0 Å². The molecule has 0 spiro atoms. The number of nitrogens with one attached hydrogen (secondary N) is 1. The Kier molecular flexibility index (Phi) is 5.43. The number of amides is 2. The van der Waals surface area contributed by atoms with Gasteiger partial charge in [-0.05, 0) is 18.6 Å². The van der Waals surface area contributed by atoms with Crippen molar-refractivity contribution in [2.24, 2.45) is 5.10 Å². The zero-order valence-electron chi connectivity index (χ0n) is 12.6. The first kappa shape index (κ1) is 16.4. The molecule has 1 fully saturated rings. The van der Waals surface area contributed by atoms with Crippen molar-refractivity contribution in [1.82, 2.24) is 15.2 Å². The summed E-state index contributed by atoms with van der Waals surface area (Å²) < 4.78 is 26.2. The smallest absolute Gasteiger partial charge is 0.321 e. The summed E-state index contributed by atoms with van der Waals surface area (Å²) in [5.74, 6) is -1.36. The second-order valence-electron chi connectivity index (χ2n) is 5.25. The molecule has 2 aliphatic rings. The summed E-state index contributed by atoms with van der Waals surface area (Å²) in [5, 5.41) is 8.57. The van der Waals surface area contributed by atoms with Crippen LogP contribution in [0.1, 0.15) is 13.3 Å². The summed E-state index contributed by atoms with van der Waals surface area (Å²) >= 11 is 0. The van der Waals surface area contributed by atoms with Gasteiger partial charge in [-0.2, -0.15) is 5.10 Å². The Bertz CT molecular complexity index is 532. The number of hydrogen-bond donors (Lipinski definition) is 1. The third-order valence-corrected chi connectivity index (χ3v) is 3.50. The van der Waals surface area contributed by atoms with Crippen LogP contribution in [0.25, 0.3) is 0 Å². The van der Waals surface area contributed by atoms with Gasteiger partial charge in [0.2, 0.25) is 0 Å². The summed E-state index contributed by atoms with van der Waals surface area (Å²) in [4.78, 5) is 14.2. The van der Waals surface area contributed by atoms with Gasteiger partial charge in [0.25, 0.3) is 0 Å². The lowest BCUT2D eigenvalue weighted by Crippen LogP contribution is -2.51. The monoisotopic (exact) mass is 310 g/mol. The summed E-state index contributed by atoms with van der Waals surface area (Å²) in [6.45, 7) is 7.65. The molecule has 2 heterocycles. The highest BCUT2D eigenvalue weighted by Gasteiger charge is 2.32. The van der Waals surface area contributed by atoms with Gasteiger partial charge in [0.15, 0.2) is 0 Å². The molecule has 0 aromatic carbocycles. The molecular weight excluding hydrogens is 290 g/mol. The number of halogens is 2. The standard InChI is InChI=1S/C15H20F2N4O/c1-11(9-13(17)10-12(2)16)14-3-4-19-21(14)15(22)20-7-5-18-6-8-20/h4,9-10,14,18H,1,3,5-8H2,2H3/b12-10+,13-9+/t14-/m0/s1. The van der Waals surface area contributed by atoms with E-state index in [1.54, 1.807) is 11.1 Å². The van der Waals surface area contributed by atoms with E-state index < -0.39 is 17.7 Å². The third-order valence-electron chi connectivity index (χ3n) is 3.50. The van der Waals surface area contributed by atoms with Crippen molar-refractivity contribution in [2.45, 2.75) is 19.4 Å². The molecule has 0 radical (unpaired) electrons. The Labute approximate surface area is 128 Å². The van der Waals surface area contributed by atoms with Crippen LogP contribution < -0.4 is 5.32 Å². The molecule has 120 valence electrons. The van der Waals surface area contributed by atoms with Crippen molar-refractivity contribution in [3.8, 4) is 0 Å². The van der Waals surface area contributed by atoms with Gasteiger partial charge >= 0.3 is 6.03 Å². The lowest BCUT2D eigenvalue weighted by molar-refractivity contribution is 0.142. The second-order valence-corrected chi connectivity index (χ2v) is 5.25. The van der Waals surface area contributed by atoms with Gasteiger partial charge in [-0.25, -0.2) is 18.6 Å². The molecule has 1 atom stereocenters. The van der Waals surface area contributed by atoms with Gasteiger partial charge in [0.1, 0.15) is 5.83 Å². The molecule has 22 heavy (non-hydrogen) atoms. The van der Waals surface area contributed by atoms with Crippen LogP contribution in [0, 0.1) is 0 Å². The normalized spacial score (nSPS) is 23.1. The van der Waals surface area contributed by atoms with Crippen LogP contribution in [0.5, 0.6) is 0 Å². The predicted octanol–water partition coefficient (Wildman–Crippen LogP) is 2.35. The molecule has 2 aliphatic heterocycles. The van der Waals surface area contributed by atoms with Crippen LogP contribution in [0.2, 0.25) is 0 Å². The number of carbonyl (C=O) groups excluding carboxylic acids is 1. The molecule has 5 nitrogen and oxygen atoms in total. The number of urea groups is 1. The van der Waals surface area contributed by atoms with E-state index in [9.17, 15) is 13.6 Å². The van der Waals surface area contributed by atoms with E-state index in [-0.39, 0.29) is 6.03 Å². The lowest BCUT2D eigenvalue weighted by atomic mass is 10.1. The summed E-state index contributed by atoms with van der Waals surface area (Å²) in [5.41, 5.74) is 0.385. The maximum Gasteiger partial charge on any atom is 0.341 e. The molecule has 2 amide bonds. The van der Waals surface area contributed by atoms with E-state index in [0.717, 1.165) is 32.2 Å². The fourth-order valence-corrected chi connectivity index (χ4v) is 2.41. The number of allylic oxidation sites excluding steroid dienone is 3. The molecule has 2 rings (SSSR count). The topological polar surface area (TPSA) is 47.9 Å². The van der Waals surface area contributed by atoms with Crippen LogP contribution in [0.15, 0.2) is 41.1 Å². The first-order valence-electron chi connectivity index (χ1n) is 7.20. The minimum atomic E-state index is -0.730. The molecule has 0 saturated carbocycles. The zero-order valence-corrected chi connectivity index (χ0v) is 12.6. The molecule has 0 aliphatic carbocycles. The highest BCUT2D eigenvalue weighted by Crippen LogP contribution is 2.22. The van der Waals surface area contributed by atoms with Crippen molar-refractivity contribution in [1.29, 1.82) is 0 Å². The first-order valence-corrected chi connectivity index (χ1v) is 7.20. The lowest BCUT2D eigenvalue weighted by Gasteiger charge is -2.32. The van der Waals surface area contributed by atoms with E-state index in [4.69, 9.17) is 0 Å². The summed E-state index contributed by atoms with van der Waals surface area (Å²) in [7, 11) is 0. The highest BCUT2D eigenvalue weighted by molar-refractivity contribution is 5.79. The zero-order chi connectivity index (χ0) is 16.1. The van der Waals surface area contributed by atoms with Gasteiger partial charge in [-0.15, -0.1) is 0 Å². The second kappa shape index (κ2) is 7.31. The van der Waals surface area contributed by atoms with Crippen molar-refractivity contribution >= 4 is 12.2 Å². The Morgan fingerprint density at radius 2 is 2.05 bits per heavy atom. The molecular formula is C15H20F2N4O. The number of nitrogens with zero attached hydrogens (tertiary/aromatic N) is 3. The van der Waals surface area contributed by atoms with E-state index in [0.29, 0.717) is 25.1 Å². The molecule has 0 aromatic rings. The molecule has 0 unspecified atom stereocenters. The van der Waals surface area contributed by atoms with Crippen LogP contribution in [0.4, 0.5) is 13.6 Å². The fraction of sp³-hybridized carbons (Fsp3) is 0.467. The highest BCUT2D eigenvalue weighted by atomic mass is 19.1. The Morgan fingerprint density at radius 3 is 2.68 bits per heavy atom. The van der Waals surface area contributed by atoms with Crippen molar-refractivity contribution in [3.05, 3.63) is 36.0 Å². The maximum absolute atomic E-state index is 13.6. The van der Waals surface area contributed by atoms with Gasteiger partial charge in [-0.1, -0.05) is 6.58 Å². The van der Waals surface area contributed by atoms with Gasteiger partial charge in [0, 0.05) is 44.9 Å². The first-order chi connectivity index (χ1) is 10.5. The number of piperazine rings is 1. The molecule has 1 saturated heterocycles. The minimum Gasteiger partial charge on any atom is -0.321 e. The molecule has 7 heteroatoms. The fourth-order valence-electron chi connectivity index (χ4n) is 2.41. The maximum atomic E-state index is 13.6. The number of carbonyl (C=O) groups is 1. The van der Waals surface area contributed by atoms with E-state index in [1.807, 2.05) is 0 Å². The summed E-state index contributed by atoms with van der Waals surface area (Å²) in [6.07, 6.45) is 4.00. The average molecular weight is 310 g/mol. The van der Waals surface area contributed by atoms with E-state index >= 15 is 0 Å². The van der Waals surface area contributed by atoms with Gasteiger partial charge < -0.3 is 10.2 Å².